The Morgan fingerprint density at radius 2 is 1.93 bits per heavy atom. The Bertz CT molecular complexity index is 825. The smallest absolute Gasteiger partial charge is 0.191 e. The Balaban J connectivity index is 1.62. The molecule has 0 aliphatic heterocycles. The lowest BCUT2D eigenvalue weighted by Gasteiger charge is -2.13. The van der Waals surface area contributed by atoms with Crippen LogP contribution in [-0.2, 0) is 19.5 Å². The summed E-state index contributed by atoms with van der Waals surface area (Å²) < 4.78 is 7.34. The fraction of sp³-hybridized carbons (Fsp3) is 0.364. The van der Waals surface area contributed by atoms with Crippen molar-refractivity contribution in [1.29, 1.82) is 0 Å². The van der Waals surface area contributed by atoms with Crippen molar-refractivity contribution in [3.05, 3.63) is 78.0 Å². The van der Waals surface area contributed by atoms with Crippen LogP contribution in [0.4, 0.5) is 0 Å². The molecule has 6 nitrogen and oxygen atoms in total. The lowest BCUT2D eigenvalue weighted by Crippen LogP contribution is -2.39. The maximum Gasteiger partial charge on any atom is 0.191 e. The first-order valence-electron chi connectivity index (χ1n) is 9.94. The van der Waals surface area contributed by atoms with Crippen molar-refractivity contribution in [2.24, 2.45) is 4.99 Å². The zero-order valence-electron chi connectivity index (χ0n) is 16.5. The molecule has 0 fully saturated rings. The first kappa shape index (κ1) is 19.7. The van der Waals surface area contributed by atoms with Crippen LogP contribution < -0.4 is 10.6 Å². The van der Waals surface area contributed by atoms with Gasteiger partial charge in [0.15, 0.2) is 5.96 Å². The molecule has 0 aliphatic rings. The summed E-state index contributed by atoms with van der Waals surface area (Å²) in [7, 11) is 0. The van der Waals surface area contributed by atoms with Crippen LogP contribution in [0.1, 0.15) is 36.7 Å². The van der Waals surface area contributed by atoms with Gasteiger partial charge in [0.05, 0.1) is 19.4 Å². The van der Waals surface area contributed by atoms with Gasteiger partial charge in [-0.1, -0.05) is 37.6 Å². The molecule has 0 unspecified atom stereocenters. The summed E-state index contributed by atoms with van der Waals surface area (Å²) in [6.45, 7) is 5.26. The number of furan rings is 1. The number of unbranched alkanes of at least 4 members (excludes halogenated alkanes) is 1. The van der Waals surface area contributed by atoms with Crippen LogP contribution in [0.2, 0.25) is 0 Å². The summed E-state index contributed by atoms with van der Waals surface area (Å²) >= 11 is 0. The Hall–Kier alpha value is -3.02. The van der Waals surface area contributed by atoms with Gasteiger partial charge in [-0.15, -0.1) is 0 Å². The molecule has 0 radical (unpaired) electrons. The topological polar surface area (TPSA) is 67.4 Å². The van der Waals surface area contributed by atoms with Crippen LogP contribution in [0.15, 0.2) is 70.5 Å². The van der Waals surface area contributed by atoms with Crippen molar-refractivity contribution in [2.45, 2.75) is 39.3 Å². The van der Waals surface area contributed by atoms with Crippen LogP contribution in [0.25, 0.3) is 0 Å². The van der Waals surface area contributed by atoms with Gasteiger partial charge in [-0.2, -0.15) is 5.10 Å². The first-order chi connectivity index (χ1) is 13.8. The minimum atomic E-state index is 0.625. The SMILES string of the molecule is CCCCNC(=NCc1ccccc1Cn1cccn1)NCCc1ccco1. The number of rotatable bonds is 10. The number of nitrogens with one attached hydrogen (secondary N) is 2. The van der Waals surface area contributed by atoms with Gasteiger partial charge in [-0.25, -0.2) is 4.99 Å². The molecule has 0 spiro atoms. The van der Waals surface area contributed by atoms with E-state index >= 15 is 0 Å². The molecule has 6 heteroatoms. The molecule has 2 heterocycles. The van der Waals surface area contributed by atoms with Crippen molar-refractivity contribution in [3.8, 4) is 0 Å². The predicted octanol–water partition coefficient (Wildman–Crippen LogP) is 3.60. The molecule has 2 N–H and O–H groups in total. The summed E-state index contributed by atoms with van der Waals surface area (Å²) in [4.78, 5) is 4.81. The molecule has 1 aromatic carbocycles. The average molecular weight is 380 g/mol. The van der Waals surface area contributed by atoms with E-state index in [1.165, 1.54) is 11.1 Å². The van der Waals surface area contributed by atoms with Crippen molar-refractivity contribution >= 4 is 5.96 Å². The minimum Gasteiger partial charge on any atom is -0.469 e. The van der Waals surface area contributed by atoms with Gasteiger partial charge in [0.2, 0.25) is 0 Å². The minimum absolute atomic E-state index is 0.625. The molecule has 0 aliphatic carbocycles. The highest BCUT2D eigenvalue weighted by Gasteiger charge is 2.05. The Morgan fingerprint density at radius 3 is 2.68 bits per heavy atom. The summed E-state index contributed by atoms with van der Waals surface area (Å²) in [5.41, 5.74) is 2.44. The number of nitrogens with zero attached hydrogens (tertiary/aromatic N) is 3. The number of guanidine groups is 1. The van der Waals surface area contributed by atoms with Crippen LogP contribution in [-0.4, -0.2) is 28.8 Å². The Labute approximate surface area is 166 Å². The van der Waals surface area contributed by atoms with Gasteiger partial charge in [0.25, 0.3) is 0 Å². The summed E-state index contributed by atoms with van der Waals surface area (Å²) in [6, 6.07) is 14.3. The highest BCUT2D eigenvalue weighted by atomic mass is 16.3. The predicted molar refractivity (Wildman–Crippen MR) is 112 cm³/mol. The van der Waals surface area contributed by atoms with Crippen molar-refractivity contribution in [1.82, 2.24) is 20.4 Å². The number of benzene rings is 1. The largest absolute Gasteiger partial charge is 0.469 e. The summed E-state index contributed by atoms with van der Waals surface area (Å²) in [5, 5.41) is 11.2. The standard InChI is InChI=1S/C22H29N5O/c1-2-3-12-23-22(24-14-11-21-10-6-16-28-21)25-17-19-8-4-5-9-20(19)18-27-15-7-13-26-27/h4-10,13,15-16H,2-3,11-12,14,17-18H2,1H3,(H2,23,24,25). The summed E-state index contributed by atoms with van der Waals surface area (Å²) in [6.07, 6.45) is 8.60. The molecule has 148 valence electrons. The highest BCUT2D eigenvalue weighted by molar-refractivity contribution is 5.79. The van der Waals surface area contributed by atoms with Crippen LogP contribution in [0, 0.1) is 0 Å². The zero-order chi connectivity index (χ0) is 19.4. The van der Waals surface area contributed by atoms with Crippen molar-refractivity contribution in [2.75, 3.05) is 13.1 Å². The van der Waals surface area contributed by atoms with Gasteiger partial charge < -0.3 is 15.1 Å². The van der Waals surface area contributed by atoms with E-state index in [2.05, 4.69) is 46.9 Å². The number of aromatic nitrogens is 2. The maximum atomic E-state index is 5.40. The summed E-state index contributed by atoms with van der Waals surface area (Å²) in [5.74, 6) is 1.82. The molecular formula is C22H29N5O. The third-order valence-corrected chi connectivity index (χ3v) is 4.48. The molecule has 28 heavy (non-hydrogen) atoms. The lowest BCUT2D eigenvalue weighted by atomic mass is 10.1. The molecule has 0 amide bonds. The van der Waals surface area contributed by atoms with E-state index in [9.17, 15) is 0 Å². The molecule has 0 bridgehead atoms. The van der Waals surface area contributed by atoms with Gasteiger partial charge in [-0.05, 0) is 35.7 Å². The van der Waals surface area contributed by atoms with Gasteiger partial charge in [-0.3, -0.25) is 4.68 Å². The second-order valence-electron chi connectivity index (χ2n) is 6.67. The number of hydrogen-bond donors (Lipinski definition) is 2. The Morgan fingerprint density at radius 1 is 1.07 bits per heavy atom. The van der Waals surface area contributed by atoms with Gasteiger partial charge in [0, 0.05) is 31.9 Å². The van der Waals surface area contributed by atoms with E-state index in [-0.39, 0.29) is 0 Å². The second-order valence-corrected chi connectivity index (χ2v) is 6.67. The van der Waals surface area contributed by atoms with E-state index in [0.717, 1.165) is 50.6 Å². The lowest BCUT2D eigenvalue weighted by molar-refractivity contribution is 0.506. The fourth-order valence-corrected chi connectivity index (χ4v) is 2.92. The highest BCUT2D eigenvalue weighted by Crippen LogP contribution is 2.11. The molecule has 0 saturated heterocycles. The van der Waals surface area contributed by atoms with Crippen LogP contribution in [0.3, 0.4) is 0 Å². The molecule has 3 rings (SSSR count). The van der Waals surface area contributed by atoms with Crippen LogP contribution >= 0.6 is 0 Å². The van der Waals surface area contributed by atoms with E-state index in [1.807, 2.05) is 29.1 Å². The maximum absolute atomic E-state index is 5.40. The van der Waals surface area contributed by atoms with Gasteiger partial charge >= 0.3 is 0 Å². The molecule has 3 aromatic rings. The zero-order valence-corrected chi connectivity index (χ0v) is 16.5. The van der Waals surface area contributed by atoms with E-state index < -0.39 is 0 Å². The third kappa shape index (κ3) is 6.30. The fourth-order valence-electron chi connectivity index (χ4n) is 2.92. The number of aliphatic imine (C=N–C) groups is 1. The normalized spacial score (nSPS) is 11.5. The van der Waals surface area contributed by atoms with Crippen molar-refractivity contribution < 1.29 is 4.42 Å². The second kappa shape index (κ2) is 11.0. The van der Waals surface area contributed by atoms with Gasteiger partial charge in [0.1, 0.15) is 5.76 Å². The quantitative estimate of drug-likeness (QED) is 0.321. The number of hydrogen-bond acceptors (Lipinski definition) is 3. The molecule has 2 aromatic heterocycles. The van der Waals surface area contributed by atoms with E-state index in [4.69, 9.17) is 9.41 Å². The third-order valence-electron chi connectivity index (χ3n) is 4.48. The molecule has 0 atom stereocenters. The molecular weight excluding hydrogens is 350 g/mol. The van der Waals surface area contributed by atoms with E-state index in [0.29, 0.717) is 6.54 Å². The monoisotopic (exact) mass is 379 g/mol. The Kier molecular flexibility index (Phi) is 7.73. The van der Waals surface area contributed by atoms with Crippen LogP contribution in [0.5, 0.6) is 0 Å². The van der Waals surface area contributed by atoms with Crippen molar-refractivity contribution in [3.63, 3.8) is 0 Å². The average Bonchev–Trinajstić information content (AvgIpc) is 3.41. The molecule has 0 saturated carbocycles. The van der Waals surface area contributed by atoms with E-state index in [1.54, 1.807) is 12.5 Å². The first-order valence-corrected chi connectivity index (χ1v) is 9.94.